The quantitative estimate of drug-likeness (QED) is 0.0372. The van der Waals surface area contributed by atoms with Crippen LogP contribution in [0.15, 0.2) is 0 Å². The Morgan fingerprint density at radius 3 is 1.05 bits per heavy atom. The molecule has 0 rings (SSSR count). The third-order valence-corrected chi connectivity index (χ3v) is 11.2. The van der Waals surface area contributed by atoms with Crippen molar-refractivity contribution in [2.75, 3.05) is 26.4 Å². The molecule has 0 aliphatic carbocycles. The van der Waals surface area contributed by atoms with Crippen molar-refractivity contribution in [3.63, 3.8) is 0 Å². The lowest BCUT2D eigenvalue weighted by Gasteiger charge is -2.17. The van der Waals surface area contributed by atoms with Crippen LogP contribution < -0.4 is 0 Å². The molecular formula is C50H107O7P. The van der Waals surface area contributed by atoms with E-state index in [9.17, 15) is 9.36 Å². The molecule has 0 fully saturated rings. The molecule has 0 bridgehead atoms. The maximum absolute atomic E-state index is 12.9. The average molecular weight is 851 g/mol. The molecule has 0 radical (unpaired) electrons. The number of esters is 1. The van der Waals surface area contributed by atoms with Crippen LogP contribution in [0.25, 0.3) is 0 Å². The Morgan fingerprint density at radius 2 is 0.724 bits per heavy atom. The topological polar surface area (TPSA) is 91.3 Å². The van der Waals surface area contributed by atoms with Crippen molar-refractivity contribution in [1.82, 2.24) is 0 Å². The van der Waals surface area contributed by atoms with Gasteiger partial charge in [-0.1, -0.05) is 229 Å². The number of aliphatic hydroxyl groups is 1. The Bertz CT molecular complexity index is 758. The summed E-state index contributed by atoms with van der Waals surface area (Å²) >= 11 is 0. The lowest BCUT2D eigenvalue weighted by atomic mass is 10.0. The average Bonchev–Trinajstić information content (AvgIpc) is 3.21. The lowest BCUT2D eigenvalue weighted by Crippen LogP contribution is -2.14. The lowest BCUT2D eigenvalue weighted by molar-refractivity contribution is -0.148. The van der Waals surface area contributed by atoms with Crippen LogP contribution in [-0.4, -0.2) is 43.6 Å². The SMILES string of the molecule is CCC.CCCCCCCC.CCCCCCCCOP(=O)(OCCC)OCCCCCCCCCCCCCCCC(=O)OC(C)CCCCCCC.CCCO. The van der Waals surface area contributed by atoms with E-state index in [0.29, 0.717) is 32.8 Å². The van der Waals surface area contributed by atoms with Crippen LogP contribution in [0.4, 0.5) is 0 Å². The van der Waals surface area contributed by atoms with Gasteiger partial charge in [0.1, 0.15) is 0 Å². The predicted molar refractivity (Wildman–Crippen MR) is 255 cm³/mol. The third-order valence-electron chi connectivity index (χ3n) is 9.70. The number of phosphoric acid groups is 1. The standard InChI is InChI=1S/C36H73O6P.C8H18.C3H8O.C3H8/c1-5-8-10-12-24-28-33-40-43(38,39-32-7-3)41-34-29-25-21-19-17-15-13-14-16-18-20-23-27-31-36(37)42-35(4)30-26-22-11-9-6-2;1-3-5-7-8-6-4-2;1-2-3-4;1-3-2/h35H,5-34H2,1-4H3;3-8H2,1-2H3;4H,2-3H2,1H3;3H2,1-2H3. The van der Waals surface area contributed by atoms with Gasteiger partial charge in [0.25, 0.3) is 0 Å². The van der Waals surface area contributed by atoms with Crippen LogP contribution in [0.1, 0.15) is 287 Å². The molecule has 0 heterocycles. The summed E-state index contributed by atoms with van der Waals surface area (Å²) in [7, 11) is -3.42. The molecule has 2 atom stereocenters. The van der Waals surface area contributed by atoms with Gasteiger partial charge in [-0.25, -0.2) is 4.57 Å². The smallest absolute Gasteiger partial charge is 0.463 e. The molecule has 0 aliphatic rings. The molecule has 8 heteroatoms. The monoisotopic (exact) mass is 851 g/mol. The van der Waals surface area contributed by atoms with Crippen LogP contribution in [0.3, 0.4) is 0 Å². The minimum Gasteiger partial charge on any atom is -0.463 e. The van der Waals surface area contributed by atoms with Gasteiger partial charge in [0.2, 0.25) is 0 Å². The molecular weight excluding hydrogens is 744 g/mol. The molecule has 0 aromatic heterocycles. The minimum atomic E-state index is -3.42. The highest BCUT2D eigenvalue weighted by atomic mass is 31.2. The fraction of sp³-hybridized carbons (Fsp3) is 0.980. The number of hydrogen-bond acceptors (Lipinski definition) is 7. The summed E-state index contributed by atoms with van der Waals surface area (Å²) in [5, 5.41) is 7.88. The van der Waals surface area contributed by atoms with Crippen LogP contribution >= 0.6 is 7.82 Å². The Morgan fingerprint density at radius 1 is 0.431 bits per heavy atom. The second kappa shape index (κ2) is 58.6. The molecule has 0 aromatic rings. The number of unbranched alkanes of at least 4 members (excludes halogenated alkanes) is 26. The Balaban J connectivity index is -0.000000819. The van der Waals surface area contributed by atoms with Gasteiger partial charge < -0.3 is 9.84 Å². The van der Waals surface area contributed by atoms with Crippen molar-refractivity contribution in [3.8, 4) is 0 Å². The second-order valence-corrected chi connectivity index (χ2v) is 18.1. The van der Waals surface area contributed by atoms with E-state index < -0.39 is 7.82 Å². The molecule has 0 aromatic carbocycles. The van der Waals surface area contributed by atoms with E-state index in [1.807, 2.05) is 20.8 Å². The Kier molecular flexibility index (Phi) is 64.9. The van der Waals surface area contributed by atoms with E-state index >= 15 is 0 Å². The molecule has 0 amide bonds. The second-order valence-electron chi connectivity index (χ2n) is 16.4. The van der Waals surface area contributed by atoms with Crippen LogP contribution in [0.5, 0.6) is 0 Å². The number of aliphatic hydroxyl groups excluding tert-OH is 1. The zero-order chi connectivity index (χ0) is 44.1. The summed E-state index contributed by atoms with van der Waals surface area (Å²) in [5.41, 5.74) is 0. The largest absolute Gasteiger partial charge is 0.474 e. The highest BCUT2D eigenvalue weighted by Crippen LogP contribution is 2.49. The number of carbonyl (C=O) groups excluding carboxylic acids is 1. The molecule has 0 saturated heterocycles. The highest BCUT2D eigenvalue weighted by Gasteiger charge is 2.25. The van der Waals surface area contributed by atoms with Crippen molar-refractivity contribution in [1.29, 1.82) is 0 Å². The van der Waals surface area contributed by atoms with Crippen LogP contribution in [-0.2, 0) is 27.7 Å². The number of carbonyl (C=O) groups is 1. The van der Waals surface area contributed by atoms with Gasteiger partial charge >= 0.3 is 13.8 Å². The van der Waals surface area contributed by atoms with Crippen LogP contribution in [0, 0.1) is 0 Å². The fourth-order valence-electron chi connectivity index (χ4n) is 6.10. The third kappa shape index (κ3) is 62.2. The first-order chi connectivity index (χ1) is 28.2. The summed E-state index contributed by atoms with van der Waals surface area (Å²) in [5.74, 6) is -0.0117. The Labute approximate surface area is 365 Å². The van der Waals surface area contributed by atoms with Gasteiger partial charge in [0, 0.05) is 13.0 Å². The fourth-order valence-corrected chi connectivity index (χ4v) is 7.43. The van der Waals surface area contributed by atoms with Crippen molar-refractivity contribution in [2.24, 2.45) is 0 Å². The van der Waals surface area contributed by atoms with Gasteiger partial charge in [-0.3, -0.25) is 18.4 Å². The highest BCUT2D eigenvalue weighted by molar-refractivity contribution is 7.48. The maximum atomic E-state index is 12.9. The van der Waals surface area contributed by atoms with Gasteiger partial charge in [0.05, 0.1) is 25.9 Å². The van der Waals surface area contributed by atoms with Crippen molar-refractivity contribution in [2.45, 2.75) is 293 Å². The molecule has 0 saturated carbocycles. The number of hydrogen-bond donors (Lipinski definition) is 1. The van der Waals surface area contributed by atoms with Crippen molar-refractivity contribution >= 4 is 13.8 Å². The van der Waals surface area contributed by atoms with E-state index in [0.717, 1.165) is 57.8 Å². The minimum absolute atomic E-state index is 0.0117. The number of rotatable bonds is 41. The van der Waals surface area contributed by atoms with Crippen molar-refractivity contribution in [3.05, 3.63) is 0 Å². The first kappa shape index (κ1) is 64.2. The first-order valence-corrected chi connectivity index (χ1v) is 27.0. The normalized spacial score (nSPS) is 12.3. The van der Waals surface area contributed by atoms with Gasteiger partial charge in [-0.2, -0.15) is 0 Å². The molecule has 1 N–H and O–H groups in total. The summed E-state index contributed by atoms with van der Waals surface area (Å²) in [6.07, 6.45) is 41.9. The Hall–Kier alpha value is -0.460. The van der Waals surface area contributed by atoms with Crippen LogP contribution in [0.2, 0.25) is 0 Å². The zero-order valence-electron chi connectivity index (χ0n) is 41.0. The molecule has 0 spiro atoms. The van der Waals surface area contributed by atoms with E-state index in [1.165, 1.54) is 161 Å². The molecule has 0 aliphatic heterocycles. The molecule has 58 heavy (non-hydrogen) atoms. The van der Waals surface area contributed by atoms with E-state index in [-0.39, 0.29) is 12.1 Å². The summed E-state index contributed by atoms with van der Waals surface area (Å²) in [6.45, 7) is 20.8. The van der Waals surface area contributed by atoms with E-state index in [2.05, 4.69) is 41.5 Å². The summed E-state index contributed by atoms with van der Waals surface area (Å²) in [4.78, 5) is 12.0. The molecule has 354 valence electrons. The zero-order valence-corrected chi connectivity index (χ0v) is 41.9. The number of ether oxygens (including phenoxy) is 1. The number of phosphoric ester groups is 1. The van der Waals surface area contributed by atoms with E-state index in [1.54, 1.807) is 0 Å². The van der Waals surface area contributed by atoms with E-state index in [4.69, 9.17) is 23.4 Å². The molecule has 2 unspecified atom stereocenters. The maximum Gasteiger partial charge on any atom is 0.474 e. The summed E-state index contributed by atoms with van der Waals surface area (Å²) < 4.78 is 35.1. The predicted octanol–water partition coefficient (Wildman–Crippen LogP) is 17.8. The first-order valence-electron chi connectivity index (χ1n) is 25.6. The summed E-state index contributed by atoms with van der Waals surface area (Å²) in [6, 6.07) is 0. The van der Waals surface area contributed by atoms with Gasteiger partial charge in [0.15, 0.2) is 0 Å². The molecule has 7 nitrogen and oxygen atoms in total. The van der Waals surface area contributed by atoms with Crippen molar-refractivity contribution < 1.29 is 32.8 Å². The van der Waals surface area contributed by atoms with Gasteiger partial charge in [-0.15, -0.1) is 0 Å². The van der Waals surface area contributed by atoms with Gasteiger partial charge in [-0.05, 0) is 51.9 Å².